The first-order valence-corrected chi connectivity index (χ1v) is 10.7. The van der Waals surface area contributed by atoms with Crippen molar-refractivity contribution in [2.24, 2.45) is 0 Å². The number of hydrazine groups is 1. The summed E-state index contributed by atoms with van der Waals surface area (Å²) < 4.78 is 37.9. The molecule has 3 aromatic rings. The molecular formula is C22H19FN2O4S. The molecule has 0 aliphatic heterocycles. The topological polar surface area (TPSA) is 92.3 Å². The summed E-state index contributed by atoms with van der Waals surface area (Å²) in [5.74, 6) is -1.71. The normalized spacial score (nSPS) is 11.0. The molecule has 3 rings (SSSR count). The summed E-state index contributed by atoms with van der Waals surface area (Å²) in [4.78, 5) is 24.5. The third-order valence-corrected chi connectivity index (χ3v) is 5.95. The van der Waals surface area contributed by atoms with Crippen molar-refractivity contribution in [2.75, 3.05) is 0 Å². The van der Waals surface area contributed by atoms with E-state index >= 15 is 0 Å². The second kappa shape index (κ2) is 9.32. The molecule has 0 heterocycles. The van der Waals surface area contributed by atoms with Gasteiger partial charge >= 0.3 is 0 Å². The third kappa shape index (κ3) is 5.74. The minimum Gasteiger partial charge on any atom is -0.273 e. The lowest BCUT2D eigenvalue weighted by Gasteiger charge is -2.09. The van der Waals surface area contributed by atoms with E-state index in [1.807, 2.05) is 0 Å². The van der Waals surface area contributed by atoms with Crippen molar-refractivity contribution in [2.45, 2.75) is 17.1 Å². The Morgan fingerprint density at radius 1 is 0.800 bits per heavy atom. The summed E-state index contributed by atoms with van der Waals surface area (Å²) in [6.07, 6.45) is -0.0318. The van der Waals surface area contributed by atoms with E-state index in [0.29, 0.717) is 11.1 Å². The van der Waals surface area contributed by atoms with Gasteiger partial charge in [-0.05, 0) is 47.5 Å². The van der Waals surface area contributed by atoms with Crippen LogP contribution in [0.5, 0.6) is 0 Å². The molecule has 0 aliphatic rings. The van der Waals surface area contributed by atoms with Gasteiger partial charge in [-0.25, -0.2) is 12.8 Å². The number of hydrogen-bond acceptors (Lipinski definition) is 4. The van der Waals surface area contributed by atoms with Crippen molar-refractivity contribution in [3.8, 4) is 0 Å². The van der Waals surface area contributed by atoms with Gasteiger partial charge in [-0.15, -0.1) is 0 Å². The van der Waals surface area contributed by atoms with Gasteiger partial charge in [0, 0.05) is 5.56 Å². The summed E-state index contributed by atoms with van der Waals surface area (Å²) in [6.45, 7) is 0. The number of carbonyl (C=O) groups excluding carboxylic acids is 2. The first-order valence-electron chi connectivity index (χ1n) is 9.04. The Morgan fingerprint density at radius 3 is 2.20 bits per heavy atom. The number of carbonyl (C=O) groups is 2. The fraction of sp³-hybridized carbons (Fsp3) is 0.0909. The van der Waals surface area contributed by atoms with Crippen molar-refractivity contribution in [1.29, 1.82) is 0 Å². The largest absolute Gasteiger partial charge is 0.273 e. The Labute approximate surface area is 173 Å². The number of rotatable bonds is 6. The molecule has 0 unspecified atom stereocenters. The lowest BCUT2D eigenvalue weighted by Crippen LogP contribution is -2.42. The van der Waals surface area contributed by atoms with Crippen LogP contribution in [-0.4, -0.2) is 20.2 Å². The average Bonchev–Trinajstić information content (AvgIpc) is 2.74. The minimum absolute atomic E-state index is 0.0318. The first kappa shape index (κ1) is 21.2. The Hall–Kier alpha value is -3.52. The quantitative estimate of drug-likeness (QED) is 0.593. The van der Waals surface area contributed by atoms with E-state index < -0.39 is 27.5 Å². The predicted molar refractivity (Wildman–Crippen MR) is 109 cm³/mol. The summed E-state index contributed by atoms with van der Waals surface area (Å²) in [7, 11) is -3.55. The molecule has 0 aliphatic carbocycles. The van der Waals surface area contributed by atoms with Gasteiger partial charge in [0.05, 0.1) is 17.1 Å². The van der Waals surface area contributed by atoms with E-state index in [1.165, 1.54) is 48.5 Å². The van der Waals surface area contributed by atoms with Crippen molar-refractivity contribution < 1.29 is 22.4 Å². The lowest BCUT2D eigenvalue weighted by atomic mass is 10.1. The molecule has 154 valence electrons. The maximum absolute atomic E-state index is 12.9. The highest BCUT2D eigenvalue weighted by Gasteiger charge is 2.16. The van der Waals surface area contributed by atoms with Gasteiger partial charge in [-0.1, -0.05) is 42.5 Å². The first-order chi connectivity index (χ1) is 14.3. The smallest absolute Gasteiger partial charge is 0.269 e. The van der Waals surface area contributed by atoms with Crippen LogP contribution in [0, 0.1) is 5.82 Å². The summed E-state index contributed by atoms with van der Waals surface area (Å²) >= 11 is 0. The molecule has 0 bridgehead atoms. The Kier molecular flexibility index (Phi) is 6.58. The number of benzene rings is 3. The van der Waals surface area contributed by atoms with E-state index in [1.54, 1.807) is 30.3 Å². The highest BCUT2D eigenvalue weighted by atomic mass is 32.2. The number of halogens is 1. The second-order valence-electron chi connectivity index (χ2n) is 6.58. The molecular weight excluding hydrogens is 407 g/mol. The Balaban J connectivity index is 1.60. The molecule has 0 aromatic heterocycles. The van der Waals surface area contributed by atoms with Crippen LogP contribution >= 0.6 is 0 Å². The molecule has 0 atom stereocenters. The SMILES string of the molecule is O=C(Cc1ccc(F)cc1)NNC(=O)c1cccc(CS(=O)(=O)c2ccccc2)c1. The van der Waals surface area contributed by atoms with Gasteiger partial charge < -0.3 is 0 Å². The van der Waals surface area contributed by atoms with E-state index in [9.17, 15) is 22.4 Å². The zero-order valence-corrected chi connectivity index (χ0v) is 16.7. The van der Waals surface area contributed by atoms with Crippen molar-refractivity contribution in [1.82, 2.24) is 10.9 Å². The van der Waals surface area contributed by atoms with Gasteiger partial charge in [0.15, 0.2) is 9.84 Å². The van der Waals surface area contributed by atoms with E-state index in [2.05, 4.69) is 10.9 Å². The van der Waals surface area contributed by atoms with Crippen LogP contribution in [0.15, 0.2) is 83.8 Å². The number of amides is 2. The Morgan fingerprint density at radius 2 is 1.50 bits per heavy atom. The van der Waals surface area contributed by atoms with Crippen LogP contribution in [0.1, 0.15) is 21.5 Å². The number of sulfone groups is 1. The standard InChI is InChI=1S/C22H19FN2O4S/c23-19-11-9-16(10-12-19)14-21(26)24-25-22(27)18-6-4-5-17(13-18)15-30(28,29)20-7-2-1-3-8-20/h1-13H,14-15H2,(H,24,26)(H,25,27). The number of hydrogen-bond donors (Lipinski definition) is 2. The van der Waals surface area contributed by atoms with Crippen LogP contribution < -0.4 is 10.9 Å². The third-order valence-electron chi connectivity index (χ3n) is 4.24. The van der Waals surface area contributed by atoms with Crippen LogP contribution in [0.25, 0.3) is 0 Å². The highest BCUT2D eigenvalue weighted by molar-refractivity contribution is 7.90. The van der Waals surface area contributed by atoms with E-state index in [-0.39, 0.29) is 22.6 Å². The maximum Gasteiger partial charge on any atom is 0.269 e. The summed E-state index contributed by atoms with van der Waals surface area (Å²) in [6, 6.07) is 19.7. The van der Waals surface area contributed by atoms with Crippen LogP contribution in [-0.2, 0) is 26.8 Å². The molecule has 0 fully saturated rings. The summed E-state index contributed by atoms with van der Waals surface area (Å²) in [5.41, 5.74) is 5.83. The summed E-state index contributed by atoms with van der Waals surface area (Å²) in [5, 5.41) is 0. The molecule has 0 saturated heterocycles. The zero-order valence-electron chi connectivity index (χ0n) is 15.8. The van der Waals surface area contributed by atoms with Crippen LogP contribution in [0.2, 0.25) is 0 Å². The average molecular weight is 426 g/mol. The van der Waals surface area contributed by atoms with Crippen LogP contribution in [0.4, 0.5) is 4.39 Å². The van der Waals surface area contributed by atoms with Gasteiger partial charge in [0.25, 0.3) is 5.91 Å². The van der Waals surface area contributed by atoms with Crippen molar-refractivity contribution >= 4 is 21.7 Å². The molecule has 0 radical (unpaired) electrons. The van der Waals surface area contributed by atoms with Gasteiger partial charge in [-0.2, -0.15) is 0 Å². The Bertz CT molecular complexity index is 1150. The molecule has 2 amide bonds. The van der Waals surface area contributed by atoms with Crippen molar-refractivity contribution in [3.63, 3.8) is 0 Å². The molecule has 6 nitrogen and oxygen atoms in total. The maximum atomic E-state index is 12.9. The number of nitrogens with one attached hydrogen (secondary N) is 2. The van der Waals surface area contributed by atoms with Gasteiger partial charge in [-0.3, -0.25) is 20.4 Å². The molecule has 0 saturated carbocycles. The molecule has 8 heteroatoms. The molecule has 30 heavy (non-hydrogen) atoms. The monoisotopic (exact) mass is 426 g/mol. The zero-order chi connectivity index (χ0) is 21.6. The fourth-order valence-electron chi connectivity index (χ4n) is 2.76. The van der Waals surface area contributed by atoms with E-state index in [0.717, 1.165) is 0 Å². The van der Waals surface area contributed by atoms with Crippen molar-refractivity contribution in [3.05, 3.63) is 101 Å². The van der Waals surface area contributed by atoms with Gasteiger partial charge in [0.1, 0.15) is 5.82 Å². The lowest BCUT2D eigenvalue weighted by molar-refractivity contribution is -0.121. The minimum atomic E-state index is -3.55. The molecule has 0 spiro atoms. The predicted octanol–water partition coefficient (Wildman–Crippen LogP) is 2.80. The molecule has 3 aromatic carbocycles. The molecule has 2 N–H and O–H groups in total. The fourth-order valence-corrected chi connectivity index (χ4v) is 4.12. The van der Waals surface area contributed by atoms with Crippen LogP contribution in [0.3, 0.4) is 0 Å². The highest BCUT2D eigenvalue weighted by Crippen LogP contribution is 2.17. The van der Waals surface area contributed by atoms with Gasteiger partial charge in [0.2, 0.25) is 5.91 Å². The second-order valence-corrected chi connectivity index (χ2v) is 8.57. The van der Waals surface area contributed by atoms with E-state index in [4.69, 9.17) is 0 Å².